The first-order chi connectivity index (χ1) is 15.7. The van der Waals surface area contributed by atoms with E-state index in [1.165, 1.54) is 4.90 Å². The first-order valence-corrected chi connectivity index (χ1v) is 11.7. The third-order valence-electron chi connectivity index (χ3n) is 5.03. The van der Waals surface area contributed by atoms with Crippen LogP contribution in [0.3, 0.4) is 0 Å². The van der Waals surface area contributed by atoms with Gasteiger partial charge in [-0.2, -0.15) is 5.26 Å². The van der Waals surface area contributed by atoms with Crippen molar-refractivity contribution in [3.05, 3.63) is 34.9 Å². The van der Waals surface area contributed by atoms with Gasteiger partial charge in [-0.3, -0.25) is 9.59 Å². The first-order valence-electron chi connectivity index (χ1n) is 11.7. The van der Waals surface area contributed by atoms with E-state index in [4.69, 9.17) is 4.74 Å². The van der Waals surface area contributed by atoms with Crippen molar-refractivity contribution in [1.29, 1.82) is 5.26 Å². The standard InChI is InChI=1S/C26H40N4O4/c1-16(2)15-20(29-25(33)34-26(7,8)9)24(32)30(14-13-27)22(23(31)28-17(3)4)21-18(5)11-10-12-19(21)6/h10-12,16-17,20,22H,14-15H2,1-9H3,(H,28,31)(H,29,33). The Labute approximate surface area is 204 Å². The molecule has 34 heavy (non-hydrogen) atoms. The summed E-state index contributed by atoms with van der Waals surface area (Å²) in [6.07, 6.45) is -0.399. The molecular weight excluding hydrogens is 432 g/mol. The molecule has 1 aromatic carbocycles. The van der Waals surface area contributed by atoms with Gasteiger partial charge >= 0.3 is 6.09 Å². The summed E-state index contributed by atoms with van der Waals surface area (Å²) in [4.78, 5) is 41.0. The Morgan fingerprint density at radius 2 is 1.62 bits per heavy atom. The number of hydrogen-bond acceptors (Lipinski definition) is 5. The lowest BCUT2D eigenvalue weighted by atomic mass is 9.93. The molecule has 0 radical (unpaired) electrons. The Balaban J connectivity index is 3.53. The van der Waals surface area contributed by atoms with Crippen molar-refractivity contribution < 1.29 is 19.1 Å². The van der Waals surface area contributed by atoms with Crippen molar-refractivity contribution in [2.24, 2.45) is 5.92 Å². The number of benzene rings is 1. The maximum absolute atomic E-state index is 13.8. The Kier molecular flexibility index (Phi) is 10.6. The van der Waals surface area contributed by atoms with E-state index < -0.39 is 29.7 Å². The van der Waals surface area contributed by atoms with E-state index in [1.807, 2.05) is 65.8 Å². The van der Waals surface area contributed by atoms with Crippen molar-refractivity contribution in [2.45, 2.75) is 92.5 Å². The van der Waals surface area contributed by atoms with Crippen LogP contribution in [0.15, 0.2) is 18.2 Å². The van der Waals surface area contributed by atoms with E-state index in [1.54, 1.807) is 20.8 Å². The van der Waals surface area contributed by atoms with Crippen molar-refractivity contribution in [1.82, 2.24) is 15.5 Å². The number of nitriles is 1. The molecule has 1 aromatic rings. The Morgan fingerprint density at radius 3 is 2.06 bits per heavy atom. The highest BCUT2D eigenvalue weighted by Gasteiger charge is 2.37. The first kappa shape index (κ1) is 29.0. The van der Waals surface area contributed by atoms with Crippen molar-refractivity contribution in [3.8, 4) is 6.07 Å². The Hall–Kier alpha value is -3.08. The van der Waals surface area contributed by atoms with Gasteiger partial charge in [0.2, 0.25) is 11.8 Å². The van der Waals surface area contributed by atoms with Gasteiger partial charge in [0.15, 0.2) is 0 Å². The number of rotatable bonds is 9. The predicted octanol–water partition coefficient (Wildman–Crippen LogP) is 4.16. The second-order valence-corrected chi connectivity index (χ2v) is 10.3. The minimum Gasteiger partial charge on any atom is -0.444 e. The minimum absolute atomic E-state index is 0.0657. The number of amides is 3. The summed E-state index contributed by atoms with van der Waals surface area (Å²) >= 11 is 0. The summed E-state index contributed by atoms with van der Waals surface area (Å²) in [5.41, 5.74) is 1.60. The number of nitrogens with zero attached hydrogens (tertiary/aromatic N) is 2. The molecule has 0 aliphatic rings. The average Bonchev–Trinajstić information content (AvgIpc) is 2.66. The second-order valence-electron chi connectivity index (χ2n) is 10.3. The third-order valence-corrected chi connectivity index (χ3v) is 5.03. The Morgan fingerprint density at radius 1 is 1.06 bits per heavy atom. The molecule has 2 N–H and O–H groups in total. The van der Waals surface area contributed by atoms with Gasteiger partial charge in [-0.15, -0.1) is 0 Å². The smallest absolute Gasteiger partial charge is 0.408 e. The minimum atomic E-state index is -1.02. The van der Waals surface area contributed by atoms with Gasteiger partial charge < -0.3 is 20.3 Å². The summed E-state index contributed by atoms with van der Waals surface area (Å²) in [6, 6.07) is 5.51. The van der Waals surface area contributed by atoms with E-state index in [2.05, 4.69) is 10.6 Å². The molecule has 3 amide bonds. The van der Waals surface area contributed by atoms with Crippen molar-refractivity contribution in [2.75, 3.05) is 6.54 Å². The number of ether oxygens (including phenoxy) is 1. The molecule has 2 unspecified atom stereocenters. The lowest BCUT2D eigenvalue weighted by Gasteiger charge is -2.35. The summed E-state index contributed by atoms with van der Waals surface area (Å²) in [5.74, 6) is -0.819. The van der Waals surface area contributed by atoms with Crippen molar-refractivity contribution >= 4 is 17.9 Å². The van der Waals surface area contributed by atoms with Gasteiger partial charge in [-0.1, -0.05) is 32.0 Å². The molecule has 0 saturated heterocycles. The number of carbonyl (C=O) groups is 3. The average molecular weight is 473 g/mol. The molecule has 0 heterocycles. The fraction of sp³-hybridized carbons (Fsp3) is 0.615. The molecule has 0 aliphatic carbocycles. The fourth-order valence-electron chi connectivity index (χ4n) is 3.77. The van der Waals surface area contributed by atoms with Crippen molar-refractivity contribution in [3.63, 3.8) is 0 Å². The second kappa shape index (κ2) is 12.4. The van der Waals surface area contributed by atoms with E-state index in [-0.39, 0.29) is 24.4 Å². The molecule has 0 fully saturated rings. The van der Waals surface area contributed by atoms with Gasteiger partial charge in [0, 0.05) is 6.04 Å². The zero-order valence-electron chi connectivity index (χ0n) is 22.0. The third kappa shape index (κ3) is 8.69. The molecular formula is C26H40N4O4. The maximum Gasteiger partial charge on any atom is 0.408 e. The van der Waals surface area contributed by atoms with Gasteiger partial charge in [-0.05, 0) is 77.5 Å². The molecule has 0 aromatic heterocycles. The molecule has 188 valence electrons. The number of alkyl carbamates (subject to hydrolysis) is 1. The molecule has 0 aliphatic heterocycles. The summed E-state index contributed by atoms with van der Waals surface area (Å²) in [5, 5.41) is 15.1. The number of aryl methyl sites for hydroxylation is 2. The van der Waals surface area contributed by atoms with E-state index in [9.17, 15) is 19.6 Å². The maximum atomic E-state index is 13.8. The quantitative estimate of drug-likeness (QED) is 0.524. The van der Waals surface area contributed by atoms with E-state index in [0.717, 1.165) is 11.1 Å². The normalized spacial score (nSPS) is 13.1. The monoisotopic (exact) mass is 472 g/mol. The highest BCUT2D eigenvalue weighted by atomic mass is 16.6. The van der Waals surface area contributed by atoms with Crippen LogP contribution < -0.4 is 10.6 Å². The molecule has 1 rings (SSSR count). The van der Waals surface area contributed by atoms with Crippen LogP contribution in [0.5, 0.6) is 0 Å². The van der Waals surface area contributed by atoms with Crippen LogP contribution in [-0.2, 0) is 14.3 Å². The topological polar surface area (TPSA) is 112 Å². The number of hydrogen-bond donors (Lipinski definition) is 2. The van der Waals surface area contributed by atoms with E-state index in [0.29, 0.717) is 12.0 Å². The SMILES string of the molecule is Cc1cccc(C)c1C(C(=O)NC(C)C)N(CC#N)C(=O)C(CC(C)C)NC(=O)OC(C)(C)C. The lowest BCUT2D eigenvalue weighted by Crippen LogP contribution is -2.54. The lowest BCUT2D eigenvalue weighted by molar-refractivity contribution is -0.142. The molecule has 2 atom stereocenters. The molecule has 8 nitrogen and oxygen atoms in total. The number of nitrogens with one attached hydrogen (secondary N) is 2. The van der Waals surface area contributed by atoms with Crippen LogP contribution in [0, 0.1) is 31.1 Å². The van der Waals surface area contributed by atoms with Crippen LogP contribution >= 0.6 is 0 Å². The van der Waals surface area contributed by atoms with Gasteiger partial charge in [0.25, 0.3) is 0 Å². The van der Waals surface area contributed by atoms with Crippen LogP contribution in [0.2, 0.25) is 0 Å². The zero-order valence-corrected chi connectivity index (χ0v) is 22.0. The van der Waals surface area contributed by atoms with Gasteiger partial charge in [-0.25, -0.2) is 4.79 Å². The highest BCUT2D eigenvalue weighted by Crippen LogP contribution is 2.29. The summed E-state index contributed by atoms with van der Waals surface area (Å²) in [6.45, 7) is 16.2. The summed E-state index contributed by atoms with van der Waals surface area (Å²) < 4.78 is 5.36. The fourth-order valence-corrected chi connectivity index (χ4v) is 3.77. The summed E-state index contributed by atoms with van der Waals surface area (Å²) in [7, 11) is 0. The number of carbonyl (C=O) groups excluding carboxylic acids is 3. The van der Waals surface area contributed by atoms with Crippen LogP contribution in [-0.4, -0.2) is 47.0 Å². The van der Waals surface area contributed by atoms with Crippen LogP contribution in [0.4, 0.5) is 4.79 Å². The van der Waals surface area contributed by atoms with Crippen LogP contribution in [0.1, 0.15) is 77.6 Å². The highest BCUT2D eigenvalue weighted by molar-refractivity contribution is 5.92. The molecule has 8 heteroatoms. The molecule has 0 spiro atoms. The predicted molar refractivity (Wildman–Crippen MR) is 132 cm³/mol. The Bertz CT molecular complexity index is 892. The molecule has 0 saturated carbocycles. The molecule has 0 bridgehead atoms. The van der Waals surface area contributed by atoms with Gasteiger partial charge in [0.05, 0.1) is 6.07 Å². The van der Waals surface area contributed by atoms with E-state index >= 15 is 0 Å². The largest absolute Gasteiger partial charge is 0.444 e. The van der Waals surface area contributed by atoms with Gasteiger partial charge in [0.1, 0.15) is 24.2 Å². The van der Waals surface area contributed by atoms with Crippen LogP contribution in [0.25, 0.3) is 0 Å². The zero-order chi connectivity index (χ0) is 26.2.